The second kappa shape index (κ2) is 7.09. The van der Waals surface area contributed by atoms with Crippen LogP contribution >= 0.6 is 15.9 Å². The van der Waals surface area contributed by atoms with Crippen LogP contribution in [0.2, 0.25) is 0 Å². The van der Waals surface area contributed by atoms with Crippen molar-refractivity contribution in [3.8, 4) is 5.75 Å². The molecule has 0 radical (unpaired) electrons. The highest BCUT2D eigenvalue weighted by molar-refractivity contribution is 9.10. The monoisotopic (exact) mass is 340 g/mol. The third-order valence-electron chi connectivity index (χ3n) is 3.66. The number of benzene rings is 1. The first-order chi connectivity index (χ1) is 9.60. The standard InChI is InChI=1S/C15H21BrN2O2/c1-12(19)18-7-3-6-17(8-9-18)11-13-4-5-15(20-2)14(16)10-13/h4-5,10H,3,6-9,11H2,1-2H3. The molecule has 4 nitrogen and oxygen atoms in total. The summed E-state index contributed by atoms with van der Waals surface area (Å²) in [7, 11) is 1.67. The summed E-state index contributed by atoms with van der Waals surface area (Å²) >= 11 is 3.52. The first-order valence-corrected chi connectivity index (χ1v) is 7.69. The fourth-order valence-electron chi connectivity index (χ4n) is 2.51. The van der Waals surface area contributed by atoms with Gasteiger partial charge < -0.3 is 9.64 Å². The van der Waals surface area contributed by atoms with Gasteiger partial charge in [0.05, 0.1) is 11.6 Å². The smallest absolute Gasteiger partial charge is 0.219 e. The summed E-state index contributed by atoms with van der Waals surface area (Å²) in [5.41, 5.74) is 1.26. The van der Waals surface area contributed by atoms with Crippen molar-refractivity contribution in [2.24, 2.45) is 0 Å². The lowest BCUT2D eigenvalue weighted by Gasteiger charge is -2.21. The van der Waals surface area contributed by atoms with E-state index in [9.17, 15) is 4.79 Å². The number of hydrogen-bond donors (Lipinski definition) is 0. The number of ether oxygens (including phenoxy) is 1. The molecule has 1 aliphatic heterocycles. The Hall–Kier alpha value is -1.07. The summed E-state index contributed by atoms with van der Waals surface area (Å²) in [5, 5.41) is 0. The number of rotatable bonds is 3. The average molecular weight is 341 g/mol. The van der Waals surface area contributed by atoms with Crippen LogP contribution in [0.25, 0.3) is 0 Å². The summed E-state index contributed by atoms with van der Waals surface area (Å²) in [6.07, 6.45) is 1.04. The Morgan fingerprint density at radius 2 is 2.10 bits per heavy atom. The normalized spacial score (nSPS) is 16.9. The minimum absolute atomic E-state index is 0.180. The number of carbonyl (C=O) groups excluding carboxylic acids is 1. The largest absolute Gasteiger partial charge is 0.496 e. The van der Waals surface area contributed by atoms with Crippen LogP contribution in [0.4, 0.5) is 0 Å². The molecular formula is C15H21BrN2O2. The van der Waals surface area contributed by atoms with Gasteiger partial charge in [-0.2, -0.15) is 0 Å². The van der Waals surface area contributed by atoms with E-state index in [2.05, 4.69) is 33.0 Å². The van der Waals surface area contributed by atoms with Crippen molar-refractivity contribution < 1.29 is 9.53 Å². The second-order valence-electron chi connectivity index (χ2n) is 5.10. The van der Waals surface area contributed by atoms with E-state index in [1.807, 2.05) is 11.0 Å². The third-order valence-corrected chi connectivity index (χ3v) is 4.28. The van der Waals surface area contributed by atoms with E-state index in [0.29, 0.717) is 0 Å². The Morgan fingerprint density at radius 1 is 1.30 bits per heavy atom. The van der Waals surface area contributed by atoms with Crippen molar-refractivity contribution in [3.63, 3.8) is 0 Å². The Labute approximate surface area is 128 Å². The first-order valence-electron chi connectivity index (χ1n) is 6.90. The van der Waals surface area contributed by atoms with Gasteiger partial charge in [0.25, 0.3) is 0 Å². The van der Waals surface area contributed by atoms with Crippen molar-refractivity contribution in [1.82, 2.24) is 9.80 Å². The molecule has 5 heteroatoms. The van der Waals surface area contributed by atoms with Gasteiger partial charge >= 0.3 is 0 Å². The molecule has 0 bridgehead atoms. The summed E-state index contributed by atoms with van der Waals surface area (Å²) in [5.74, 6) is 1.03. The highest BCUT2D eigenvalue weighted by atomic mass is 79.9. The molecule has 1 heterocycles. The number of hydrogen-bond acceptors (Lipinski definition) is 3. The van der Waals surface area contributed by atoms with Crippen molar-refractivity contribution in [1.29, 1.82) is 0 Å². The Balaban J connectivity index is 1.96. The van der Waals surface area contributed by atoms with E-state index in [1.54, 1.807) is 14.0 Å². The predicted molar refractivity (Wildman–Crippen MR) is 82.8 cm³/mol. The van der Waals surface area contributed by atoms with E-state index in [1.165, 1.54) is 5.56 Å². The van der Waals surface area contributed by atoms with Crippen LogP contribution < -0.4 is 4.74 Å². The molecule has 20 heavy (non-hydrogen) atoms. The Bertz CT molecular complexity index is 479. The molecule has 1 aliphatic rings. The van der Waals surface area contributed by atoms with Crippen molar-refractivity contribution in [2.45, 2.75) is 19.9 Å². The van der Waals surface area contributed by atoms with Gasteiger partial charge in [0.1, 0.15) is 5.75 Å². The maximum atomic E-state index is 11.4. The van der Waals surface area contributed by atoms with Gasteiger partial charge in [0.15, 0.2) is 0 Å². The molecular weight excluding hydrogens is 320 g/mol. The number of carbonyl (C=O) groups is 1. The topological polar surface area (TPSA) is 32.8 Å². The van der Waals surface area contributed by atoms with Crippen LogP contribution in [0.5, 0.6) is 5.75 Å². The van der Waals surface area contributed by atoms with Gasteiger partial charge in [-0.1, -0.05) is 6.07 Å². The Kier molecular flexibility index (Phi) is 5.43. The minimum atomic E-state index is 0.180. The highest BCUT2D eigenvalue weighted by Gasteiger charge is 2.16. The number of amides is 1. The van der Waals surface area contributed by atoms with Crippen LogP contribution in [-0.4, -0.2) is 49.0 Å². The molecule has 1 amide bonds. The van der Waals surface area contributed by atoms with Gasteiger partial charge in [0.2, 0.25) is 5.91 Å². The van der Waals surface area contributed by atoms with Crippen molar-refractivity contribution in [3.05, 3.63) is 28.2 Å². The lowest BCUT2D eigenvalue weighted by atomic mass is 10.2. The maximum absolute atomic E-state index is 11.4. The van der Waals surface area contributed by atoms with Gasteiger partial charge in [-0.15, -0.1) is 0 Å². The molecule has 1 saturated heterocycles. The Morgan fingerprint density at radius 3 is 2.75 bits per heavy atom. The van der Waals surface area contributed by atoms with Crippen LogP contribution in [-0.2, 0) is 11.3 Å². The van der Waals surface area contributed by atoms with Crippen molar-refractivity contribution >= 4 is 21.8 Å². The van der Waals surface area contributed by atoms with Crippen LogP contribution in [0.1, 0.15) is 18.9 Å². The molecule has 0 saturated carbocycles. The maximum Gasteiger partial charge on any atom is 0.219 e. The predicted octanol–water partition coefficient (Wildman–Crippen LogP) is 2.51. The van der Waals surface area contributed by atoms with E-state index < -0.39 is 0 Å². The van der Waals surface area contributed by atoms with Crippen LogP contribution in [0.15, 0.2) is 22.7 Å². The van der Waals surface area contributed by atoms with Gasteiger partial charge in [-0.05, 0) is 40.0 Å². The van der Waals surface area contributed by atoms with Gasteiger partial charge in [-0.25, -0.2) is 0 Å². The van der Waals surface area contributed by atoms with E-state index >= 15 is 0 Å². The molecule has 110 valence electrons. The fourth-order valence-corrected chi connectivity index (χ4v) is 3.10. The SMILES string of the molecule is COc1ccc(CN2CCCN(C(C)=O)CC2)cc1Br. The minimum Gasteiger partial charge on any atom is -0.496 e. The van der Waals surface area contributed by atoms with Crippen LogP contribution in [0.3, 0.4) is 0 Å². The molecule has 0 aromatic heterocycles. The molecule has 0 atom stereocenters. The molecule has 0 unspecified atom stereocenters. The number of methoxy groups -OCH3 is 1. The van der Waals surface area contributed by atoms with Gasteiger partial charge in [-0.3, -0.25) is 9.69 Å². The zero-order valence-electron chi connectivity index (χ0n) is 12.1. The third kappa shape index (κ3) is 3.96. The molecule has 1 aromatic carbocycles. The molecule has 2 rings (SSSR count). The van der Waals surface area contributed by atoms with Crippen LogP contribution in [0, 0.1) is 0 Å². The number of halogens is 1. The average Bonchev–Trinajstić information content (AvgIpc) is 2.65. The summed E-state index contributed by atoms with van der Waals surface area (Å²) in [6, 6.07) is 6.18. The lowest BCUT2D eigenvalue weighted by molar-refractivity contribution is -0.128. The van der Waals surface area contributed by atoms with E-state index in [0.717, 1.165) is 49.4 Å². The summed E-state index contributed by atoms with van der Waals surface area (Å²) in [4.78, 5) is 15.8. The quantitative estimate of drug-likeness (QED) is 0.847. The summed E-state index contributed by atoms with van der Waals surface area (Å²) in [6.45, 7) is 6.23. The lowest BCUT2D eigenvalue weighted by Crippen LogP contribution is -2.33. The molecule has 0 aliphatic carbocycles. The zero-order chi connectivity index (χ0) is 14.5. The van der Waals surface area contributed by atoms with E-state index in [-0.39, 0.29) is 5.91 Å². The summed E-state index contributed by atoms with van der Waals surface area (Å²) < 4.78 is 6.23. The molecule has 0 N–H and O–H groups in total. The molecule has 0 spiro atoms. The highest BCUT2D eigenvalue weighted by Crippen LogP contribution is 2.26. The van der Waals surface area contributed by atoms with E-state index in [4.69, 9.17) is 4.74 Å². The van der Waals surface area contributed by atoms with Gasteiger partial charge in [0, 0.05) is 39.6 Å². The fraction of sp³-hybridized carbons (Fsp3) is 0.533. The first kappa shape index (κ1) is 15.3. The van der Waals surface area contributed by atoms with Crippen molar-refractivity contribution in [2.75, 3.05) is 33.3 Å². The zero-order valence-corrected chi connectivity index (χ0v) is 13.6. The molecule has 1 fully saturated rings. The molecule has 1 aromatic rings. The number of nitrogens with zero attached hydrogens (tertiary/aromatic N) is 2. The second-order valence-corrected chi connectivity index (χ2v) is 5.96.